The van der Waals surface area contributed by atoms with E-state index >= 15 is 0 Å². The summed E-state index contributed by atoms with van der Waals surface area (Å²) in [5.41, 5.74) is 2.72. The largest absolute Gasteiger partial charge is 0.496 e. The van der Waals surface area contributed by atoms with E-state index in [4.69, 9.17) is 4.74 Å². The van der Waals surface area contributed by atoms with Crippen molar-refractivity contribution in [1.82, 2.24) is 5.32 Å². The minimum absolute atomic E-state index is 0.0306. The Bertz CT molecular complexity index is 1670. The van der Waals surface area contributed by atoms with Crippen molar-refractivity contribution in [3.63, 3.8) is 0 Å². The van der Waals surface area contributed by atoms with Gasteiger partial charge in [0.1, 0.15) is 11.4 Å². The van der Waals surface area contributed by atoms with Gasteiger partial charge in [0.25, 0.3) is 11.8 Å². The molecule has 0 saturated heterocycles. The molecule has 8 nitrogen and oxygen atoms in total. The van der Waals surface area contributed by atoms with Crippen molar-refractivity contribution in [3.05, 3.63) is 126 Å². The second kappa shape index (κ2) is 15.4. The maximum absolute atomic E-state index is 13.5. The number of carbonyl (C=O) groups is 4. The lowest BCUT2D eigenvalue weighted by Crippen LogP contribution is -2.30. The number of ketones is 1. The van der Waals surface area contributed by atoms with Gasteiger partial charge in [0.05, 0.1) is 12.4 Å². The van der Waals surface area contributed by atoms with Crippen molar-refractivity contribution < 1.29 is 23.9 Å². The zero-order chi connectivity index (χ0) is 31.5. The van der Waals surface area contributed by atoms with Crippen LogP contribution >= 0.6 is 11.8 Å². The molecule has 0 fully saturated rings. The highest BCUT2D eigenvalue weighted by atomic mass is 32.2. The fraction of sp³-hybridized carbons (Fsp3) is 0.143. The van der Waals surface area contributed by atoms with E-state index in [0.717, 1.165) is 4.90 Å². The summed E-state index contributed by atoms with van der Waals surface area (Å²) in [7, 11) is 1.53. The zero-order valence-corrected chi connectivity index (χ0v) is 25.4. The Labute approximate surface area is 260 Å². The highest BCUT2D eigenvalue weighted by molar-refractivity contribution is 8.00. The average Bonchev–Trinajstić information content (AvgIpc) is 3.04. The van der Waals surface area contributed by atoms with Crippen LogP contribution in [-0.2, 0) is 9.59 Å². The molecule has 44 heavy (non-hydrogen) atoms. The van der Waals surface area contributed by atoms with Gasteiger partial charge in [-0.25, -0.2) is 0 Å². The Morgan fingerprint density at radius 1 is 0.795 bits per heavy atom. The van der Waals surface area contributed by atoms with E-state index in [-0.39, 0.29) is 17.4 Å². The highest BCUT2D eigenvalue weighted by Gasteiger charge is 2.20. The number of carbonyl (C=O) groups excluding carboxylic acids is 4. The summed E-state index contributed by atoms with van der Waals surface area (Å²) < 4.78 is 5.43. The fourth-order valence-corrected chi connectivity index (χ4v) is 5.24. The van der Waals surface area contributed by atoms with Crippen LogP contribution in [0.3, 0.4) is 0 Å². The molecular weight excluding hydrogens is 574 g/mol. The summed E-state index contributed by atoms with van der Waals surface area (Å²) in [6.45, 7) is 3.41. The first-order valence-corrected chi connectivity index (χ1v) is 14.9. The number of Topliss-reactive ketones (excluding diaryl/α,β-unsaturated/α-hetero) is 1. The SMILES string of the molecule is CCC(Sc1cccc(NC(=O)/C(=C\c2ccccc2OC)NC(=O)c2ccccc2)c1)C(=O)Nc1ccc(C(C)=O)cc1. The van der Waals surface area contributed by atoms with E-state index in [9.17, 15) is 19.2 Å². The van der Waals surface area contributed by atoms with Crippen LogP contribution in [0.5, 0.6) is 5.75 Å². The Balaban J connectivity index is 1.50. The molecule has 0 spiro atoms. The molecule has 4 aromatic rings. The maximum atomic E-state index is 13.5. The average molecular weight is 608 g/mol. The van der Waals surface area contributed by atoms with Crippen molar-refractivity contribution in [2.45, 2.75) is 30.4 Å². The number of methoxy groups -OCH3 is 1. The third-order valence-corrected chi connectivity index (χ3v) is 7.92. The van der Waals surface area contributed by atoms with Crippen LogP contribution in [0, 0.1) is 0 Å². The quantitative estimate of drug-likeness (QED) is 0.0926. The van der Waals surface area contributed by atoms with E-state index in [1.54, 1.807) is 91.0 Å². The van der Waals surface area contributed by atoms with Gasteiger partial charge in [-0.15, -0.1) is 11.8 Å². The van der Waals surface area contributed by atoms with Gasteiger partial charge < -0.3 is 20.7 Å². The minimum atomic E-state index is -0.527. The Hall–Kier alpha value is -5.15. The van der Waals surface area contributed by atoms with Gasteiger partial charge in [-0.3, -0.25) is 19.2 Å². The number of para-hydroxylation sites is 1. The number of rotatable bonds is 12. The standard InChI is InChI=1S/C35H33N3O5S/c1-4-32(35(42)36-27-19-17-24(18-20-27)23(2)39)44-29-15-10-14-28(22-29)37-34(41)30(21-26-13-8-9-16-31(26)43-3)38-33(40)25-11-6-5-7-12-25/h5-22,32H,4H2,1-3H3,(H,36,42)(H,37,41)(H,38,40)/b30-21+. The first-order chi connectivity index (χ1) is 21.3. The highest BCUT2D eigenvalue weighted by Crippen LogP contribution is 2.29. The van der Waals surface area contributed by atoms with Crippen LogP contribution in [0.4, 0.5) is 11.4 Å². The summed E-state index contributed by atoms with van der Waals surface area (Å²) in [5.74, 6) is -0.630. The number of amides is 3. The monoisotopic (exact) mass is 607 g/mol. The molecule has 3 amide bonds. The molecule has 1 atom stereocenters. The Kier molecular flexibility index (Phi) is 11.1. The number of ether oxygens (including phenoxy) is 1. The number of benzene rings is 4. The summed E-state index contributed by atoms with van der Waals surface area (Å²) in [4.78, 5) is 51.9. The Morgan fingerprint density at radius 2 is 1.50 bits per heavy atom. The van der Waals surface area contributed by atoms with Crippen molar-refractivity contribution in [1.29, 1.82) is 0 Å². The first kappa shape index (κ1) is 31.8. The lowest BCUT2D eigenvalue weighted by molar-refractivity contribution is -0.116. The number of thioether (sulfide) groups is 1. The van der Waals surface area contributed by atoms with Crippen LogP contribution in [0.1, 0.15) is 46.5 Å². The number of hydrogen-bond acceptors (Lipinski definition) is 6. The molecule has 0 heterocycles. The summed E-state index contributed by atoms with van der Waals surface area (Å²) in [5, 5.41) is 8.11. The molecule has 4 rings (SSSR count). The molecule has 0 aliphatic carbocycles. The molecule has 0 radical (unpaired) electrons. The van der Waals surface area contributed by atoms with Gasteiger partial charge in [0, 0.05) is 33.0 Å². The minimum Gasteiger partial charge on any atom is -0.496 e. The van der Waals surface area contributed by atoms with E-state index in [1.165, 1.54) is 25.8 Å². The molecule has 3 N–H and O–H groups in total. The van der Waals surface area contributed by atoms with Gasteiger partial charge in [0.2, 0.25) is 5.91 Å². The maximum Gasteiger partial charge on any atom is 0.272 e. The number of nitrogens with one attached hydrogen (secondary N) is 3. The van der Waals surface area contributed by atoms with Gasteiger partial charge >= 0.3 is 0 Å². The molecule has 0 bridgehead atoms. The van der Waals surface area contributed by atoms with Gasteiger partial charge in [-0.1, -0.05) is 49.4 Å². The second-order valence-corrected chi connectivity index (χ2v) is 11.0. The first-order valence-electron chi connectivity index (χ1n) is 14.0. The van der Waals surface area contributed by atoms with E-state index in [0.29, 0.717) is 40.2 Å². The van der Waals surface area contributed by atoms with Gasteiger partial charge in [-0.2, -0.15) is 0 Å². The molecule has 0 aromatic heterocycles. The van der Waals surface area contributed by atoms with Crippen LogP contribution in [0.2, 0.25) is 0 Å². The van der Waals surface area contributed by atoms with Crippen molar-refractivity contribution in [2.75, 3.05) is 17.7 Å². The lowest BCUT2D eigenvalue weighted by atomic mass is 10.1. The molecule has 224 valence electrons. The van der Waals surface area contributed by atoms with Crippen LogP contribution in [-0.4, -0.2) is 35.9 Å². The smallest absolute Gasteiger partial charge is 0.272 e. The predicted octanol–water partition coefficient (Wildman–Crippen LogP) is 6.82. The molecule has 4 aromatic carbocycles. The van der Waals surface area contributed by atoms with E-state index in [2.05, 4.69) is 16.0 Å². The molecule has 0 aliphatic heterocycles. The lowest BCUT2D eigenvalue weighted by Gasteiger charge is -2.16. The molecule has 9 heteroatoms. The van der Waals surface area contributed by atoms with Crippen LogP contribution in [0.15, 0.2) is 114 Å². The topological polar surface area (TPSA) is 114 Å². The summed E-state index contributed by atoms with van der Waals surface area (Å²) >= 11 is 1.37. The van der Waals surface area contributed by atoms with Crippen molar-refractivity contribution >= 4 is 52.7 Å². The molecular formula is C35H33N3O5S. The number of hydrogen-bond donors (Lipinski definition) is 3. The van der Waals surface area contributed by atoms with Crippen LogP contribution < -0.4 is 20.7 Å². The van der Waals surface area contributed by atoms with Crippen molar-refractivity contribution in [2.24, 2.45) is 0 Å². The fourth-order valence-electron chi connectivity index (χ4n) is 4.23. The normalized spacial score (nSPS) is 11.7. The number of anilines is 2. The zero-order valence-electron chi connectivity index (χ0n) is 24.6. The van der Waals surface area contributed by atoms with Gasteiger partial charge in [0.15, 0.2) is 5.78 Å². The van der Waals surface area contributed by atoms with Crippen molar-refractivity contribution in [3.8, 4) is 5.75 Å². The third-order valence-electron chi connectivity index (χ3n) is 6.56. The van der Waals surface area contributed by atoms with Gasteiger partial charge in [-0.05, 0) is 80.1 Å². The summed E-state index contributed by atoms with van der Waals surface area (Å²) in [6, 6.07) is 29.7. The third kappa shape index (κ3) is 8.68. The molecule has 0 saturated carbocycles. The van der Waals surface area contributed by atoms with Crippen LogP contribution in [0.25, 0.3) is 6.08 Å². The summed E-state index contributed by atoms with van der Waals surface area (Å²) in [6.07, 6.45) is 2.13. The van der Waals surface area contributed by atoms with E-state index in [1.807, 2.05) is 25.1 Å². The second-order valence-electron chi connectivity index (χ2n) is 9.74. The molecule has 0 aliphatic rings. The molecule has 1 unspecified atom stereocenters. The Morgan fingerprint density at radius 3 is 2.18 bits per heavy atom. The predicted molar refractivity (Wildman–Crippen MR) is 175 cm³/mol. The van der Waals surface area contributed by atoms with E-state index < -0.39 is 17.1 Å².